The van der Waals surface area contributed by atoms with Gasteiger partial charge in [0.1, 0.15) is 5.69 Å². The Morgan fingerprint density at radius 3 is 2.63 bits per heavy atom. The van der Waals surface area contributed by atoms with Crippen molar-refractivity contribution in [2.24, 2.45) is 5.92 Å². The fourth-order valence-electron chi connectivity index (χ4n) is 2.42. The lowest BCUT2D eigenvalue weighted by Gasteiger charge is -2.15. The molecule has 2 aromatic heterocycles. The van der Waals surface area contributed by atoms with Crippen molar-refractivity contribution in [2.45, 2.75) is 40.7 Å². The van der Waals surface area contributed by atoms with Crippen molar-refractivity contribution >= 4 is 23.1 Å². The van der Waals surface area contributed by atoms with Gasteiger partial charge in [0, 0.05) is 12.7 Å². The van der Waals surface area contributed by atoms with Crippen LogP contribution in [0.1, 0.15) is 55.0 Å². The summed E-state index contributed by atoms with van der Waals surface area (Å²) in [6, 6.07) is 3.39. The lowest BCUT2D eigenvalue weighted by Crippen LogP contribution is -2.31. The molecule has 0 aliphatic carbocycles. The third-order valence-electron chi connectivity index (χ3n) is 3.86. The van der Waals surface area contributed by atoms with Gasteiger partial charge in [-0.1, -0.05) is 13.8 Å². The Balaban J connectivity index is 2.52. The van der Waals surface area contributed by atoms with Crippen molar-refractivity contribution in [1.82, 2.24) is 14.8 Å². The Morgan fingerprint density at radius 2 is 2.07 bits per heavy atom. The highest BCUT2D eigenvalue weighted by Gasteiger charge is 2.26. The predicted octanol–water partition coefficient (Wildman–Crippen LogP) is 2.81. The number of carbonyl (C=O) groups excluding carboxylic acids is 2. The molecule has 27 heavy (non-hydrogen) atoms. The molecule has 0 aromatic carbocycles. The van der Waals surface area contributed by atoms with Crippen LogP contribution in [-0.4, -0.2) is 33.1 Å². The summed E-state index contributed by atoms with van der Waals surface area (Å²) in [5, 5.41) is 6.97. The summed E-state index contributed by atoms with van der Waals surface area (Å²) in [5.41, 5.74) is -0.235. The standard InChI is InChI=1S/C19H24N4O4/c1-5-23-18(25)16(21-14-7-6-9-20-11-14)15(13(4)24)17(22-23)19(26)27-10-8-12(2)3/h6-7,9,11-12,21H,5,8,10H2,1-4H3. The quantitative estimate of drug-likeness (QED) is 0.561. The fraction of sp³-hybridized carbons (Fsp3) is 0.421. The highest BCUT2D eigenvalue weighted by atomic mass is 16.5. The van der Waals surface area contributed by atoms with Crippen LogP contribution in [0.5, 0.6) is 0 Å². The van der Waals surface area contributed by atoms with Gasteiger partial charge in [-0.05, 0) is 38.3 Å². The largest absolute Gasteiger partial charge is 0.461 e. The number of Topliss-reactive ketones (excluding diaryl/α,β-unsaturated/α-hetero) is 1. The first-order chi connectivity index (χ1) is 12.8. The molecule has 0 amide bonds. The molecule has 0 atom stereocenters. The van der Waals surface area contributed by atoms with E-state index in [0.29, 0.717) is 18.0 Å². The normalized spacial score (nSPS) is 10.7. The summed E-state index contributed by atoms with van der Waals surface area (Å²) in [7, 11) is 0. The van der Waals surface area contributed by atoms with E-state index in [9.17, 15) is 14.4 Å². The highest BCUT2D eigenvalue weighted by molar-refractivity contribution is 6.08. The molecule has 0 bridgehead atoms. The zero-order valence-electron chi connectivity index (χ0n) is 16.0. The average molecular weight is 372 g/mol. The third kappa shape index (κ3) is 4.99. The maximum atomic E-state index is 12.7. The van der Waals surface area contributed by atoms with E-state index in [-0.39, 0.29) is 30.1 Å². The van der Waals surface area contributed by atoms with E-state index in [1.807, 2.05) is 13.8 Å². The number of hydrogen-bond acceptors (Lipinski definition) is 7. The van der Waals surface area contributed by atoms with Gasteiger partial charge in [0.2, 0.25) is 0 Å². The first kappa shape index (κ1) is 20.3. The molecule has 2 rings (SSSR count). The SMILES string of the molecule is CCn1nc(C(=O)OCCC(C)C)c(C(C)=O)c(Nc2cccnc2)c1=O. The summed E-state index contributed by atoms with van der Waals surface area (Å²) in [5.74, 6) is -0.812. The number of carbonyl (C=O) groups is 2. The Hall–Kier alpha value is -3.03. The summed E-state index contributed by atoms with van der Waals surface area (Å²) >= 11 is 0. The lowest BCUT2D eigenvalue weighted by molar-refractivity contribution is 0.0475. The number of rotatable bonds is 8. The van der Waals surface area contributed by atoms with Crippen LogP contribution in [0.4, 0.5) is 11.4 Å². The number of nitrogens with one attached hydrogen (secondary N) is 1. The van der Waals surface area contributed by atoms with Gasteiger partial charge in [0.15, 0.2) is 11.5 Å². The first-order valence-corrected chi connectivity index (χ1v) is 8.85. The molecule has 0 saturated carbocycles. The Kier molecular flexibility index (Phi) is 6.81. The number of aryl methyl sites for hydroxylation is 1. The number of ether oxygens (including phenoxy) is 1. The van der Waals surface area contributed by atoms with Crippen LogP contribution in [0.3, 0.4) is 0 Å². The smallest absolute Gasteiger partial charge is 0.359 e. The van der Waals surface area contributed by atoms with Gasteiger partial charge in [-0.15, -0.1) is 0 Å². The molecule has 0 aliphatic heterocycles. The first-order valence-electron chi connectivity index (χ1n) is 8.85. The molecule has 144 valence electrons. The Morgan fingerprint density at radius 1 is 1.33 bits per heavy atom. The molecule has 2 heterocycles. The van der Waals surface area contributed by atoms with Crippen molar-refractivity contribution in [3.05, 3.63) is 46.1 Å². The molecule has 0 radical (unpaired) electrons. The van der Waals surface area contributed by atoms with Crippen molar-refractivity contribution in [3.63, 3.8) is 0 Å². The number of anilines is 2. The number of pyridine rings is 1. The van der Waals surface area contributed by atoms with E-state index >= 15 is 0 Å². The number of nitrogens with zero attached hydrogens (tertiary/aromatic N) is 3. The zero-order chi connectivity index (χ0) is 20.0. The topological polar surface area (TPSA) is 103 Å². The van der Waals surface area contributed by atoms with Gasteiger partial charge >= 0.3 is 5.97 Å². The van der Waals surface area contributed by atoms with Gasteiger partial charge in [0.05, 0.1) is 24.1 Å². The number of ketones is 1. The molecule has 0 saturated heterocycles. The second-order valence-corrected chi connectivity index (χ2v) is 6.46. The zero-order valence-corrected chi connectivity index (χ0v) is 16.0. The predicted molar refractivity (Wildman–Crippen MR) is 101 cm³/mol. The maximum absolute atomic E-state index is 12.7. The summed E-state index contributed by atoms with van der Waals surface area (Å²) in [6.45, 7) is 7.49. The van der Waals surface area contributed by atoms with E-state index in [0.717, 1.165) is 4.68 Å². The van der Waals surface area contributed by atoms with E-state index in [1.54, 1.807) is 25.3 Å². The molecule has 8 heteroatoms. The van der Waals surface area contributed by atoms with Crippen LogP contribution in [0.2, 0.25) is 0 Å². The fourth-order valence-corrected chi connectivity index (χ4v) is 2.42. The molecule has 0 spiro atoms. The van der Waals surface area contributed by atoms with Crippen LogP contribution < -0.4 is 10.9 Å². The van der Waals surface area contributed by atoms with Gasteiger partial charge in [0.25, 0.3) is 5.56 Å². The monoisotopic (exact) mass is 372 g/mol. The van der Waals surface area contributed by atoms with E-state index in [4.69, 9.17) is 4.74 Å². The van der Waals surface area contributed by atoms with E-state index in [2.05, 4.69) is 15.4 Å². The molecular formula is C19H24N4O4. The molecule has 8 nitrogen and oxygen atoms in total. The number of aromatic nitrogens is 3. The van der Waals surface area contributed by atoms with E-state index < -0.39 is 17.3 Å². The van der Waals surface area contributed by atoms with Crippen molar-refractivity contribution in [1.29, 1.82) is 0 Å². The third-order valence-corrected chi connectivity index (χ3v) is 3.86. The lowest BCUT2D eigenvalue weighted by atomic mass is 10.1. The number of esters is 1. The Labute approximate surface area is 157 Å². The van der Waals surface area contributed by atoms with Crippen LogP contribution in [0, 0.1) is 5.92 Å². The average Bonchev–Trinajstić information content (AvgIpc) is 2.63. The molecule has 2 aromatic rings. The molecular weight excluding hydrogens is 348 g/mol. The second-order valence-electron chi connectivity index (χ2n) is 6.46. The van der Waals surface area contributed by atoms with Crippen molar-refractivity contribution < 1.29 is 14.3 Å². The van der Waals surface area contributed by atoms with Gasteiger partial charge in [-0.25, -0.2) is 9.48 Å². The molecule has 1 N–H and O–H groups in total. The van der Waals surface area contributed by atoms with Crippen molar-refractivity contribution in [2.75, 3.05) is 11.9 Å². The van der Waals surface area contributed by atoms with Crippen LogP contribution in [0.25, 0.3) is 0 Å². The number of hydrogen-bond donors (Lipinski definition) is 1. The minimum absolute atomic E-state index is 0.0110. The van der Waals surface area contributed by atoms with Crippen molar-refractivity contribution in [3.8, 4) is 0 Å². The van der Waals surface area contributed by atoms with Gasteiger partial charge in [-0.3, -0.25) is 14.6 Å². The summed E-state index contributed by atoms with van der Waals surface area (Å²) < 4.78 is 6.39. The molecule has 0 aliphatic rings. The van der Waals surface area contributed by atoms with Crippen LogP contribution in [0.15, 0.2) is 29.3 Å². The summed E-state index contributed by atoms with van der Waals surface area (Å²) in [4.78, 5) is 41.5. The minimum Gasteiger partial charge on any atom is -0.461 e. The van der Waals surface area contributed by atoms with Crippen LogP contribution in [-0.2, 0) is 11.3 Å². The Bertz CT molecular complexity index is 875. The van der Waals surface area contributed by atoms with Gasteiger partial charge < -0.3 is 10.1 Å². The van der Waals surface area contributed by atoms with E-state index in [1.165, 1.54) is 13.1 Å². The minimum atomic E-state index is -0.725. The summed E-state index contributed by atoms with van der Waals surface area (Å²) in [6.07, 6.45) is 3.79. The molecule has 0 unspecified atom stereocenters. The van der Waals surface area contributed by atoms with Crippen LogP contribution >= 0.6 is 0 Å². The second kappa shape index (κ2) is 9.07. The maximum Gasteiger partial charge on any atom is 0.359 e. The van der Waals surface area contributed by atoms with Gasteiger partial charge in [-0.2, -0.15) is 5.10 Å². The molecule has 0 fully saturated rings. The highest BCUT2D eigenvalue weighted by Crippen LogP contribution is 2.20.